The number of nitrogens with two attached hydrogens (primary N) is 1. The Morgan fingerprint density at radius 1 is 1.25 bits per heavy atom. The summed E-state index contributed by atoms with van der Waals surface area (Å²) in [5.41, 5.74) is 8.23. The molecule has 0 unspecified atom stereocenters. The molecule has 0 aliphatic carbocycles. The number of aromatic nitrogens is 3. The lowest BCUT2D eigenvalue weighted by Crippen LogP contribution is -1.95. The topological polar surface area (TPSA) is 64.7 Å². The first-order valence-electron chi connectivity index (χ1n) is 4.87. The zero-order chi connectivity index (χ0) is 11.5. The number of pyridine rings is 1. The highest BCUT2D eigenvalue weighted by atomic mass is 14.9. The van der Waals surface area contributed by atoms with Crippen LogP contribution >= 0.6 is 0 Å². The van der Waals surface area contributed by atoms with Gasteiger partial charge in [-0.2, -0.15) is 0 Å². The number of rotatable bonds is 2. The molecule has 2 rings (SSSR count). The van der Waals surface area contributed by atoms with E-state index in [9.17, 15) is 0 Å². The lowest BCUT2D eigenvalue weighted by atomic mass is 10.2. The maximum absolute atomic E-state index is 5.59. The number of nitrogens with zero attached hydrogens (tertiary/aromatic N) is 3. The molecule has 0 radical (unpaired) electrons. The molecule has 0 atom stereocenters. The predicted molar refractivity (Wildman–Crippen MR) is 64.4 cm³/mol. The van der Waals surface area contributed by atoms with Crippen molar-refractivity contribution in [3.8, 4) is 11.4 Å². The monoisotopic (exact) mass is 212 g/mol. The quantitative estimate of drug-likeness (QED) is 0.828. The third-order valence-corrected chi connectivity index (χ3v) is 2.14. The molecule has 2 aromatic rings. The van der Waals surface area contributed by atoms with E-state index in [2.05, 4.69) is 21.5 Å². The lowest BCUT2D eigenvalue weighted by molar-refractivity contribution is 1.16. The minimum Gasteiger partial charge on any atom is -0.384 e. The van der Waals surface area contributed by atoms with Crippen molar-refractivity contribution in [1.82, 2.24) is 15.0 Å². The van der Waals surface area contributed by atoms with Gasteiger partial charge in [-0.3, -0.25) is 4.98 Å². The minimum absolute atomic E-state index is 0.453. The average molecular weight is 212 g/mol. The second-order valence-corrected chi connectivity index (χ2v) is 3.52. The lowest BCUT2D eigenvalue weighted by Gasteiger charge is -2.02. The normalized spacial score (nSPS) is 10.1. The van der Waals surface area contributed by atoms with E-state index in [1.807, 2.05) is 19.1 Å². The van der Waals surface area contributed by atoms with Gasteiger partial charge in [-0.25, -0.2) is 9.97 Å². The maximum Gasteiger partial charge on any atom is 0.163 e. The third-order valence-electron chi connectivity index (χ3n) is 2.14. The molecule has 0 aromatic carbocycles. The van der Waals surface area contributed by atoms with Gasteiger partial charge in [0.05, 0.1) is 5.69 Å². The molecule has 2 aromatic heterocycles. The van der Waals surface area contributed by atoms with Crippen LogP contribution in [0.25, 0.3) is 17.0 Å². The predicted octanol–water partition coefficient (Wildman–Crippen LogP) is 2.15. The number of allylic oxidation sites excluding steroid dienone is 1. The number of hydrogen-bond donors (Lipinski definition) is 1. The van der Waals surface area contributed by atoms with Gasteiger partial charge in [0, 0.05) is 18.0 Å². The van der Waals surface area contributed by atoms with Crippen LogP contribution in [0.1, 0.15) is 12.6 Å². The highest BCUT2D eigenvalue weighted by Gasteiger charge is 2.02. The van der Waals surface area contributed by atoms with Crippen LogP contribution in [0.4, 0.5) is 5.82 Å². The molecule has 80 valence electrons. The largest absolute Gasteiger partial charge is 0.384 e. The SMILES string of the molecule is C=C(C)c1ccc(-c2nccc(N)n2)cn1. The molecular weight excluding hydrogens is 200 g/mol. The van der Waals surface area contributed by atoms with Crippen molar-refractivity contribution in [3.63, 3.8) is 0 Å². The fourth-order valence-electron chi connectivity index (χ4n) is 1.29. The highest BCUT2D eigenvalue weighted by molar-refractivity contribution is 5.61. The van der Waals surface area contributed by atoms with Crippen LogP contribution in [0.2, 0.25) is 0 Å². The average Bonchev–Trinajstić information content (AvgIpc) is 2.29. The van der Waals surface area contributed by atoms with Gasteiger partial charge in [-0.05, 0) is 30.7 Å². The molecule has 0 spiro atoms. The molecule has 4 heteroatoms. The molecule has 0 fully saturated rings. The summed E-state index contributed by atoms with van der Waals surface area (Å²) < 4.78 is 0. The van der Waals surface area contributed by atoms with Crippen LogP contribution in [0, 0.1) is 0 Å². The first kappa shape index (κ1) is 10.3. The second-order valence-electron chi connectivity index (χ2n) is 3.52. The standard InChI is InChI=1S/C12H12N4/c1-8(2)10-4-3-9(7-15-10)12-14-6-5-11(13)16-12/h3-7H,1H2,2H3,(H2,13,14,16). The second kappa shape index (κ2) is 4.10. The van der Waals surface area contributed by atoms with Gasteiger partial charge in [-0.15, -0.1) is 0 Å². The summed E-state index contributed by atoms with van der Waals surface area (Å²) in [7, 11) is 0. The van der Waals surface area contributed by atoms with Crippen LogP contribution in [0.15, 0.2) is 37.2 Å². The fraction of sp³-hybridized carbons (Fsp3) is 0.0833. The summed E-state index contributed by atoms with van der Waals surface area (Å²) in [5.74, 6) is 1.04. The third kappa shape index (κ3) is 2.06. The van der Waals surface area contributed by atoms with Crippen molar-refractivity contribution < 1.29 is 0 Å². The van der Waals surface area contributed by atoms with Crippen molar-refractivity contribution in [2.75, 3.05) is 5.73 Å². The van der Waals surface area contributed by atoms with E-state index in [4.69, 9.17) is 5.73 Å². The van der Waals surface area contributed by atoms with Crippen molar-refractivity contribution in [2.45, 2.75) is 6.92 Å². The number of hydrogen-bond acceptors (Lipinski definition) is 4. The molecule has 16 heavy (non-hydrogen) atoms. The molecule has 0 saturated carbocycles. The molecular formula is C12H12N4. The van der Waals surface area contributed by atoms with Gasteiger partial charge in [-0.1, -0.05) is 6.58 Å². The van der Waals surface area contributed by atoms with Crippen LogP contribution < -0.4 is 5.73 Å². The first-order valence-corrected chi connectivity index (χ1v) is 4.87. The van der Waals surface area contributed by atoms with Gasteiger partial charge >= 0.3 is 0 Å². The molecule has 2 N–H and O–H groups in total. The maximum atomic E-state index is 5.59. The first-order chi connectivity index (χ1) is 7.66. The Hall–Kier alpha value is -2.23. The zero-order valence-corrected chi connectivity index (χ0v) is 9.01. The Bertz CT molecular complexity index is 517. The van der Waals surface area contributed by atoms with Crippen LogP contribution in [0.5, 0.6) is 0 Å². The summed E-state index contributed by atoms with van der Waals surface area (Å²) in [4.78, 5) is 12.5. The number of anilines is 1. The van der Waals surface area contributed by atoms with E-state index < -0.39 is 0 Å². The Kier molecular flexibility index (Phi) is 2.64. The van der Waals surface area contributed by atoms with Gasteiger partial charge < -0.3 is 5.73 Å². The van der Waals surface area contributed by atoms with Crippen molar-refractivity contribution in [3.05, 3.63) is 42.9 Å². The van der Waals surface area contributed by atoms with Crippen LogP contribution in [-0.4, -0.2) is 15.0 Å². The molecule has 0 amide bonds. The number of nitrogen functional groups attached to an aromatic ring is 1. The molecule has 0 aliphatic rings. The minimum atomic E-state index is 0.453. The molecule has 0 saturated heterocycles. The summed E-state index contributed by atoms with van der Waals surface area (Å²) >= 11 is 0. The van der Waals surface area contributed by atoms with Crippen molar-refractivity contribution >= 4 is 11.4 Å². The Morgan fingerprint density at radius 2 is 2.06 bits per heavy atom. The van der Waals surface area contributed by atoms with E-state index in [1.165, 1.54) is 0 Å². The van der Waals surface area contributed by atoms with E-state index in [1.54, 1.807) is 18.5 Å². The van der Waals surface area contributed by atoms with E-state index in [-0.39, 0.29) is 0 Å². The smallest absolute Gasteiger partial charge is 0.163 e. The van der Waals surface area contributed by atoms with Gasteiger partial charge in [0.25, 0.3) is 0 Å². The zero-order valence-electron chi connectivity index (χ0n) is 9.01. The van der Waals surface area contributed by atoms with Crippen molar-refractivity contribution in [2.24, 2.45) is 0 Å². The fourth-order valence-corrected chi connectivity index (χ4v) is 1.29. The highest BCUT2D eigenvalue weighted by Crippen LogP contribution is 2.16. The Balaban J connectivity index is 2.38. The molecule has 0 aliphatic heterocycles. The van der Waals surface area contributed by atoms with Crippen LogP contribution in [0.3, 0.4) is 0 Å². The molecule has 2 heterocycles. The van der Waals surface area contributed by atoms with Gasteiger partial charge in [0.1, 0.15) is 5.82 Å². The molecule has 4 nitrogen and oxygen atoms in total. The summed E-state index contributed by atoms with van der Waals surface area (Å²) in [5, 5.41) is 0. The van der Waals surface area contributed by atoms with Crippen LogP contribution in [-0.2, 0) is 0 Å². The summed E-state index contributed by atoms with van der Waals surface area (Å²) in [6.07, 6.45) is 3.35. The molecule has 0 bridgehead atoms. The summed E-state index contributed by atoms with van der Waals surface area (Å²) in [6.45, 7) is 5.74. The van der Waals surface area contributed by atoms with E-state index in [0.717, 1.165) is 16.8 Å². The van der Waals surface area contributed by atoms with Crippen molar-refractivity contribution in [1.29, 1.82) is 0 Å². The van der Waals surface area contributed by atoms with E-state index >= 15 is 0 Å². The summed E-state index contributed by atoms with van der Waals surface area (Å²) in [6, 6.07) is 5.45. The Morgan fingerprint density at radius 3 is 2.62 bits per heavy atom. The van der Waals surface area contributed by atoms with E-state index in [0.29, 0.717) is 11.6 Å². The Labute approximate surface area is 93.9 Å². The van der Waals surface area contributed by atoms with Gasteiger partial charge in [0.15, 0.2) is 5.82 Å². The van der Waals surface area contributed by atoms with Gasteiger partial charge in [0.2, 0.25) is 0 Å².